The summed E-state index contributed by atoms with van der Waals surface area (Å²) in [4.78, 5) is 8.01. The van der Waals surface area contributed by atoms with Crippen molar-refractivity contribution in [3.05, 3.63) is 40.2 Å². The highest BCUT2D eigenvalue weighted by molar-refractivity contribution is 7.10. The number of anilines is 2. The molecular weight excluding hydrogens is 232 g/mol. The van der Waals surface area contributed by atoms with Crippen LogP contribution in [0.25, 0.3) is 0 Å². The van der Waals surface area contributed by atoms with Gasteiger partial charge in [-0.25, -0.2) is 10.8 Å². The number of nitrogens with zero attached hydrogens (tertiary/aromatic N) is 2. The second-order valence-electron chi connectivity index (χ2n) is 4.08. The molecule has 0 saturated heterocycles. The maximum Gasteiger partial charge on any atom is 0.141 e. The van der Waals surface area contributed by atoms with Gasteiger partial charge in [0.2, 0.25) is 0 Å². The molecule has 0 unspecified atom stereocenters. The Morgan fingerprint density at radius 3 is 3.24 bits per heavy atom. The highest BCUT2D eigenvalue weighted by Gasteiger charge is 2.17. The molecule has 0 radical (unpaired) electrons. The monoisotopic (exact) mass is 246 g/mol. The largest absolute Gasteiger partial charge is 0.367 e. The molecule has 3 N–H and O–H groups in total. The average Bonchev–Trinajstić information content (AvgIpc) is 2.86. The van der Waals surface area contributed by atoms with Gasteiger partial charge in [-0.1, -0.05) is 0 Å². The van der Waals surface area contributed by atoms with Gasteiger partial charge in [0.1, 0.15) is 5.82 Å². The standard InChI is InChI=1S/C12H14N4S/c13-15-12-7-10(1-4-14-12)16-5-2-11-9(8-16)3-6-17-11/h1,3-4,6-7H,2,5,8,13H2,(H,14,15). The Morgan fingerprint density at radius 2 is 2.35 bits per heavy atom. The molecule has 0 spiro atoms. The van der Waals surface area contributed by atoms with Gasteiger partial charge in [0.05, 0.1) is 0 Å². The zero-order valence-corrected chi connectivity index (χ0v) is 10.2. The second kappa shape index (κ2) is 4.35. The third-order valence-electron chi connectivity index (χ3n) is 3.06. The van der Waals surface area contributed by atoms with E-state index >= 15 is 0 Å². The van der Waals surface area contributed by atoms with Crippen molar-refractivity contribution in [2.24, 2.45) is 5.84 Å². The summed E-state index contributed by atoms with van der Waals surface area (Å²) in [6.07, 6.45) is 2.91. The maximum atomic E-state index is 5.38. The third-order valence-corrected chi connectivity index (χ3v) is 4.09. The fourth-order valence-electron chi connectivity index (χ4n) is 2.16. The van der Waals surface area contributed by atoms with Crippen molar-refractivity contribution in [1.29, 1.82) is 0 Å². The summed E-state index contributed by atoms with van der Waals surface area (Å²) in [6.45, 7) is 2.04. The first-order chi connectivity index (χ1) is 8.36. The van der Waals surface area contributed by atoms with E-state index in [1.807, 2.05) is 23.5 Å². The molecular formula is C12H14N4S. The molecule has 17 heavy (non-hydrogen) atoms. The fourth-order valence-corrected chi connectivity index (χ4v) is 3.05. The first-order valence-corrected chi connectivity index (χ1v) is 6.47. The van der Waals surface area contributed by atoms with Gasteiger partial charge < -0.3 is 10.3 Å². The van der Waals surface area contributed by atoms with Crippen LogP contribution in [0.3, 0.4) is 0 Å². The molecule has 0 aliphatic carbocycles. The number of hydrogen-bond acceptors (Lipinski definition) is 5. The molecule has 0 amide bonds. The van der Waals surface area contributed by atoms with Crippen LogP contribution in [0.15, 0.2) is 29.8 Å². The lowest BCUT2D eigenvalue weighted by Gasteiger charge is -2.29. The summed E-state index contributed by atoms with van der Waals surface area (Å²) in [5, 5.41) is 2.17. The number of nitrogens with two attached hydrogens (primary N) is 1. The van der Waals surface area contributed by atoms with Crippen LogP contribution >= 0.6 is 11.3 Å². The summed E-state index contributed by atoms with van der Waals surface area (Å²) in [6, 6.07) is 6.23. The van der Waals surface area contributed by atoms with E-state index in [0.29, 0.717) is 5.82 Å². The molecule has 0 fully saturated rings. The van der Waals surface area contributed by atoms with Crippen LogP contribution in [-0.2, 0) is 13.0 Å². The molecule has 0 bridgehead atoms. The number of rotatable bonds is 2. The van der Waals surface area contributed by atoms with Gasteiger partial charge in [-0.3, -0.25) is 0 Å². The van der Waals surface area contributed by atoms with Crippen LogP contribution in [0.2, 0.25) is 0 Å². The van der Waals surface area contributed by atoms with Gasteiger partial charge in [0.15, 0.2) is 0 Å². The van der Waals surface area contributed by atoms with Gasteiger partial charge in [-0.05, 0) is 29.5 Å². The minimum Gasteiger partial charge on any atom is -0.367 e. The van der Waals surface area contributed by atoms with Crippen molar-refractivity contribution in [3.8, 4) is 0 Å². The molecule has 1 aliphatic rings. The van der Waals surface area contributed by atoms with Crippen molar-refractivity contribution in [2.45, 2.75) is 13.0 Å². The predicted octanol–water partition coefficient (Wildman–Crippen LogP) is 1.99. The van der Waals surface area contributed by atoms with E-state index in [1.54, 1.807) is 6.20 Å². The maximum absolute atomic E-state index is 5.38. The molecule has 2 aromatic rings. The summed E-state index contributed by atoms with van der Waals surface area (Å²) in [7, 11) is 0. The smallest absolute Gasteiger partial charge is 0.141 e. The second-order valence-corrected chi connectivity index (χ2v) is 5.08. The zero-order chi connectivity index (χ0) is 11.7. The molecule has 2 aromatic heterocycles. The number of nitrogens with one attached hydrogen (secondary N) is 1. The van der Waals surface area contributed by atoms with Gasteiger partial charge >= 0.3 is 0 Å². The molecule has 0 saturated carbocycles. The van der Waals surface area contributed by atoms with E-state index in [9.17, 15) is 0 Å². The van der Waals surface area contributed by atoms with Crippen molar-refractivity contribution >= 4 is 22.8 Å². The number of hydrazine groups is 1. The minimum absolute atomic E-state index is 0.707. The number of pyridine rings is 1. The lowest BCUT2D eigenvalue weighted by Crippen LogP contribution is -2.29. The molecule has 5 heteroatoms. The Labute approximate surface area is 104 Å². The predicted molar refractivity (Wildman–Crippen MR) is 71.1 cm³/mol. The first kappa shape index (κ1) is 10.6. The van der Waals surface area contributed by atoms with Crippen LogP contribution in [0.5, 0.6) is 0 Å². The number of thiophene rings is 1. The molecule has 0 aromatic carbocycles. The van der Waals surface area contributed by atoms with Gasteiger partial charge in [-0.15, -0.1) is 11.3 Å². The van der Waals surface area contributed by atoms with Crippen molar-refractivity contribution in [1.82, 2.24) is 4.98 Å². The molecule has 4 nitrogen and oxygen atoms in total. The molecule has 88 valence electrons. The molecule has 3 heterocycles. The molecule has 3 rings (SSSR count). The highest BCUT2D eigenvalue weighted by Crippen LogP contribution is 2.28. The van der Waals surface area contributed by atoms with Crippen molar-refractivity contribution in [2.75, 3.05) is 16.9 Å². The minimum atomic E-state index is 0.707. The third kappa shape index (κ3) is 1.99. The first-order valence-electron chi connectivity index (χ1n) is 5.59. The lowest BCUT2D eigenvalue weighted by molar-refractivity contribution is 0.743. The van der Waals surface area contributed by atoms with Crippen molar-refractivity contribution in [3.63, 3.8) is 0 Å². The Morgan fingerprint density at radius 1 is 1.41 bits per heavy atom. The van der Waals surface area contributed by atoms with E-state index in [4.69, 9.17) is 5.84 Å². The highest BCUT2D eigenvalue weighted by atomic mass is 32.1. The van der Waals surface area contributed by atoms with E-state index < -0.39 is 0 Å². The van der Waals surface area contributed by atoms with Crippen LogP contribution in [0, 0.1) is 0 Å². The van der Waals surface area contributed by atoms with Crippen LogP contribution < -0.4 is 16.2 Å². The molecule has 0 atom stereocenters. The van der Waals surface area contributed by atoms with Crippen LogP contribution in [-0.4, -0.2) is 11.5 Å². The Balaban J connectivity index is 1.86. The van der Waals surface area contributed by atoms with E-state index in [0.717, 1.165) is 19.5 Å². The topological polar surface area (TPSA) is 54.2 Å². The molecule has 1 aliphatic heterocycles. The number of hydrogen-bond donors (Lipinski definition) is 2. The zero-order valence-electron chi connectivity index (χ0n) is 9.39. The number of fused-ring (bicyclic) bond motifs is 1. The Bertz CT molecular complexity index is 523. The quantitative estimate of drug-likeness (QED) is 0.628. The normalized spacial score (nSPS) is 14.5. The SMILES string of the molecule is NNc1cc(N2CCc3sccc3C2)ccn1. The van der Waals surface area contributed by atoms with Crippen molar-refractivity contribution < 1.29 is 0 Å². The van der Waals surface area contributed by atoms with Gasteiger partial charge in [0.25, 0.3) is 0 Å². The van der Waals surface area contributed by atoms with Gasteiger partial charge in [-0.2, -0.15) is 0 Å². The Kier molecular flexibility index (Phi) is 2.70. The number of aromatic nitrogens is 1. The van der Waals surface area contributed by atoms with E-state index in [-0.39, 0.29) is 0 Å². The summed E-state index contributed by atoms with van der Waals surface area (Å²) in [5.74, 6) is 6.09. The van der Waals surface area contributed by atoms with E-state index in [2.05, 4.69) is 26.8 Å². The van der Waals surface area contributed by atoms with E-state index in [1.165, 1.54) is 16.1 Å². The average molecular weight is 246 g/mol. The number of nitrogen functional groups attached to an aromatic ring is 1. The van der Waals surface area contributed by atoms with Crippen LogP contribution in [0.1, 0.15) is 10.4 Å². The Hall–Kier alpha value is -1.59. The summed E-state index contributed by atoms with van der Waals surface area (Å²) < 4.78 is 0. The fraction of sp³-hybridized carbons (Fsp3) is 0.250. The van der Waals surface area contributed by atoms with Crippen LogP contribution in [0.4, 0.5) is 11.5 Å². The summed E-state index contributed by atoms with van der Waals surface area (Å²) in [5.41, 5.74) is 5.20. The summed E-state index contributed by atoms with van der Waals surface area (Å²) >= 11 is 1.86. The van der Waals surface area contributed by atoms with Gasteiger partial charge in [0, 0.05) is 35.9 Å². The lowest BCUT2D eigenvalue weighted by atomic mass is 10.1.